The second-order valence-electron chi connectivity index (χ2n) is 6.60. The third-order valence-corrected chi connectivity index (χ3v) is 4.49. The van der Waals surface area contributed by atoms with Gasteiger partial charge in [0.25, 0.3) is 0 Å². The SMILES string of the molecule is COC(=O)NC(CC(C)C)C(=O)Nc1nc(-c2ccc(NC(C)=O)cc2)cs1. The molecule has 0 bridgehead atoms. The van der Waals surface area contributed by atoms with Gasteiger partial charge in [0.15, 0.2) is 5.13 Å². The maximum Gasteiger partial charge on any atom is 0.407 e. The molecule has 1 heterocycles. The van der Waals surface area contributed by atoms with E-state index in [1.165, 1.54) is 25.4 Å². The van der Waals surface area contributed by atoms with Gasteiger partial charge in [0.05, 0.1) is 12.8 Å². The molecule has 1 aromatic carbocycles. The first-order chi connectivity index (χ1) is 13.3. The zero-order valence-corrected chi connectivity index (χ0v) is 17.1. The van der Waals surface area contributed by atoms with Gasteiger partial charge in [-0.1, -0.05) is 26.0 Å². The fourth-order valence-electron chi connectivity index (χ4n) is 2.49. The molecular weight excluding hydrogens is 380 g/mol. The molecule has 0 radical (unpaired) electrons. The quantitative estimate of drug-likeness (QED) is 0.654. The van der Waals surface area contributed by atoms with Crippen LogP contribution in [0.5, 0.6) is 0 Å². The van der Waals surface area contributed by atoms with E-state index in [1.54, 1.807) is 12.1 Å². The molecule has 0 spiro atoms. The Morgan fingerprint density at radius 1 is 1.14 bits per heavy atom. The first-order valence-electron chi connectivity index (χ1n) is 8.77. The summed E-state index contributed by atoms with van der Waals surface area (Å²) in [6, 6.07) is 6.54. The Kier molecular flexibility index (Phi) is 7.51. The Morgan fingerprint density at radius 3 is 2.39 bits per heavy atom. The molecule has 28 heavy (non-hydrogen) atoms. The minimum atomic E-state index is -0.711. The molecule has 0 aliphatic heterocycles. The van der Waals surface area contributed by atoms with Crippen molar-refractivity contribution in [3.8, 4) is 11.3 Å². The van der Waals surface area contributed by atoms with E-state index in [2.05, 4.69) is 25.7 Å². The maximum atomic E-state index is 12.5. The summed E-state index contributed by atoms with van der Waals surface area (Å²) < 4.78 is 4.59. The summed E-state index contributed by atoms with van der Waals surface area (Å²) in [6.45, 7) is 5.38. The third-order valence-electron chi connectivity index (χ3n) is 3.74. The van der Waals surface area contributed by atoms with Crippen molar-refractivity contribution in [2.75, 3.05) is 17.7 Å². The van der Waals surface area contributed by atoms with Gasteiger partial charge in [0.1, 0.15) is 6.04 Å². The van der Waals surface area contributed by atoms with E-state index < -0.39 is 12.1 Å². The van der Waals surface area contributed by atoms with Crippen molar-refractivity contribution < 1.29 is 19.1 Å². The van der Waals surface area contributed by atoms with Crippen LogP contribution in [0.3, 0.4) is 0 Å². The van der Waals surface area contributed by atoms with Crippen LogP contribution in [-0.4, -0.2) is 36.0 Å². The summed E-state index contributed by atoms with van der Waals surface area (Å²) >= 11 is 1.29. The highest BCUT2D eigenvalue weighted by molar-refractivity contribution is 7.14. The second-order valence-corrected chi connectivity index (χ2v) is 7.46. The van der Waals surface area contributed by atoms with Crippen LogP contribution in [0.25, 0.3) is 11.3 Å². The van der Waals surface area contributed by atoms with Crippen molar-refractivity contribution in [1.29, 1.82) is 0 Å². The second kappa shape index (κ2) is 9.84. The van der Waals surface area contributed by atoms with Gasteiger partial charge in [0, 0.05) is 23.6 Å². The van der Waals surface area contributed by atoms with E-state index in [1.807, 2.05) is 31.4 Å². The van der Waals surface area contributed by atoms with Gasteiger partial charge < -0.3 is 20.7 Å². The van der Waals surface area contributed by atoms with Crippen LogP contribution in [0.15, 0.2) is 29.6 Å². The summed E-state index contributed by atoms with van der Waals surface area (Å²) in [7, 11) is 1.25. The predicted molar refractivity (Wildman–Crippen MR) is 109 cm³/mol. The topological polar surface area (TPSA) is 109 Å². The Labute approximate surface area is 167 Å². The van der Waals surface area contributed by atoms with E-state index in [0.29, 0.717) is 22.9 Å². The summed E-state index contributed by atoms with van der Waals surface area (Å²) in [5, 5.41) is 10.3. The van der Waals surface area contributed by atoms with Crippen LogP contribution < -0.4 is 16.0 Å². The van der Waals surface area contributed by atoms with Crippen LogP contribution in [0, 0.1) is 5.92 Å². The number of amides is 3. The molecule has 150 valence electrons. The smallest absolute Gasteiger partial charge is 0.407 e. The summed E-state index contributed by atoms with van der Waals surface area (Å²) in [5.41, 5.74) is 2.26. The van der Waals surface area contributed by atoms with Gasteiger partial charge in [0.2, 0.25) is 11.8 Å². The molecule has 1 aromatic heterocycles. The normalized spacial score (nSPS) is 11.6. The van der Waals surface area contributed by atoms with Crippen molar-refractivity contribution in [3.63, 3.8) is 0 Å². The number of hydrogen-bond donors (Lipinski definition) is 3. The Morgan fingerprint density at radius 2 is 1.82 bits per heavy atom. The van der Waals surface area contributed by atoms with Crippen LogP contribution in [0.4, 0.5) is 15.6 Å². The van der Waals surface area contributed by atoms with Gasteiger partial charge in [-0.15, -0.1) is 11.3 Å². The molecule has 3 amide bonds. The fraction of sp³-hybridized carbons (Fsp3) is 0.368. The molecule has 0 saturated carbocycles. The standard InChI is InChI=1S/C19H24N4O4S/c1-11(2)9-15(22-19(26)27-4)17(25)23-18-21-16(10-28-18)13-5-7-14(8-6-13)20-12(3)24/h5-8,10-11,15H,9H2,1-4H3,(H,20,24)(H,22,26)(H,21,23,25). The number of carbonyl (C=O) groups is 3. The lowest BCUT2D eigenvalue weighted by Gasteiger charge is -2.18. The van der Waals surface area contributed by atoms with Crippen molar-refractivity contribution in [2.45, 2.75) is 33.2 Å². The molecule has 0 aliphatic rings. The number of methoxy groups -OCH3 is 1. The van der Waals surface area contributed by atoms with Gasteiger partial charge in [-0.2, -0.15) is 0 Å². The number of benzene rings is 1. The number of ether oxygens (including phenoxy) is 1. The number of thiazole rings is 1. The van der Waals surface area contributed by atoms with Gasteiger partial charge in [-0.3, -0.25) is 9.59 Å². The minimum Gasteiger partial charge on any atom is -0.453 e. The van der Waals surface area contributed by atoms with Crippen molar-refractivity contribution in [1.82, 2.24) is 10.3 Å². The highest BCUT2D eigenvalue weighted by Gasteiger charge is 2.23. The van der Waals surface area contributed by atoms with Crippen LogP contribution >= 0.6 is 11.3 Å². The van der Waals surface area contributed by atoms with Crippen molar-refractivity contribution in [3.05, 3.63) is 29.6 Å². The first-order valence-corrected chi connectivity index (χ1v) is 9.65. The van der Waals surface area contributed by atoms with Crippen LogP contribution in [0.1, 0.15) is 27.2 Å². The number of carbonyl (C=O) groups excluding carboxylic acids is 3. The number of aromatic nitrogens is 1. The molecule has 9 heteroatoms. The summed E-state index contributed by atoms with van der Waals surface area (Å²) in [4.78, 5) is 39.5. The molecule has 1 unspecified atom stereocenters. The predicted octanol–water partition coefficient (Wildman–Crippen LogP) is 3.48. The highest BCUT2D eigenvalue weighted by Crippen LogP contribution is 2.26. The molecule has 3 N–H and O–H groups in total. The zero-order chi connectivity index (χ0) is 20.7. The molecule has 1 atom stereocenters. The Balaban J connectivity index is 2.06. The average molecular weight is 404 g/mol. The molecule has 2 aromatic rings. The van der Waals surface area contributed by atoms with Gasteiger partial charge >= 0.3 is 6.09 Å². The zero-order valence-electron chi connectivity index (χ0n) is 16.2. The lowest BCUT2D eigenvalue weighted by atomic mass is 10.0. The molecule has 8 nitrogen and oxygen atoms in total. The number of anilines is 2. The number of rotatable bonds is 7. The van der Waals surface area contributed by atoms with E-state index in [9.17, 15) is 14.4 Å². The Hall–Kier alpha value is -2.94. The molecule has 0 fully saturated rings. The number of hydrogen-bond acceptors (Lipinski definition) is 6. The van der Waals surface area contributed by atoms with E-state index in [-0.39, 0.29) is 17.7 Å². The lowest BCUT2D eigenvalue weighted by Crippen LogP contribution is -2.44. The van der Waals surface area contributed by atoms with Gasteiger partial charge in [-0.05, 0) is 24.5 Å². The molecule has 0 aliphatic carbocycles. The monoisotopic (exact) mass is 404 g/mol. The highest BCUT2D eigenvalue weighted by atomic mass is 32.1. The fourth-order valence-corrected chi connectivity index (χ4v) is 3.21. The third kappa shape index (κ3) is 6.34. The van der Waals surface area contributed by atoms with Crippen molar-refractivity contribution in [2.24, 2.45) is 5.92 Å². The largest absolute Gasteiger partial charge is 0.453 e. The number of nitrogens with zero attached hydrogens (tertiary/aromatic N) is 1. The van der Waals surface area contributed by atoms with E-state index >= 15 is 0 Å². The minimum absolute atomic E-state index is 0.136. The van der Waals surface area contributed by atoms with Crippen molar-refractivity contribution >= 4 is 40.1 Å². The van der Waals surface area contributed by atoms with Crippen LogP contribution in [-0.2, 0) is 14.3 Å². The van der Waals surface area contributed by atoms with E-state index in [4.69, 9.17) is 0 Å². The molecule has 2 rings (SSSR count). The number of nitrogens with one attached hydrogen (secondary N) is 3. The lowest BCUT2D eigenvalue weighted by molar-refractivity contribution is -0.118. The first kappa shape index (κ1) is 21.4. The average Bonchev–Trinajstić information content (AvgIpc) is 3.09. The molecular formula is C19H24N4O4S. The van der Waals surface area contributed by atoms with Crippen LogP contribution in [0.2, 0.25) is 0 Å². The summed E-state index contributed by atoms with van der Waals surface area (Å²) in [5.74, 6) is -0.272. The van der Waals surface area contributed by atoms with E-state index in [0.717, 1.165) is 5.56 Å². The Bertz CT molecular complexity index is 833. The molecule has 0 saturated heterocycles. The van der Waals surface area contributed by atoms with Gasteiger partial charge in [-0.25, -0.2) is 9.78 Å². The number of alkyl carbamates (subject to hydrolysis) is 1. The maximum absolute atomic E-state index is 12.5. The summed E-state index contributed by atoms with van der Waals surface area (Å²) in [6.07, 6.45) is -0.177.